The maximum absolute atomic E-state index is 4.64. The van der Waals surface area contributed by atoms with Crippen LogP contribution in [0.25, 0.3) is 11.1 Å². The molecule has 30 heavy (non-hydrogen) atoms. The Morgan fingerprint density at radius 1 is 0.500 bits per heavy atom. The zero-order valence-corrected chi connectivity index (χ0v) is 19.7. The molecular formula is C28H34N2. The van der Waals surface area contributed by atoms with Gasteiger partial charge in [0.15, 0.2) is 0 Å². The van der Waals surface area contributed by atoms with E-state index in [2.05, 4.69) is 112 Å². The monoisotopic (exact) mass is 398 g/mol. The summed E-state index contributed by atoms with van der Waals surface area (Å²) >= 11 is 0. The molecule has 2 aromatic carbocycles. The molecule has 0 saturated heterocycles. The smallest absolute Gasteiger partial charge is 0.0907 e. The second kappa shape index (κ2) is 8.18. The zero-order chi connectivity index (χ0) is 22.1. The fourth-order valence-corrected chi connectivity index (χ4v) is 3.80. The first-order chi connectivity index (χ1) is 14.1. The summed E-state index contributed by atoms with van der Waals surface area (Å²) in [6, 6.07) is 17.7. The van der Waals surface area contributed by atoms with Crippen molar-refractivity contribution in [2.45, 2.75) is 52.4 Å². The van der Waals surface area contributed by atoms with Gasteiger partial charge in [0, 0.05) is 25.2 Å². The normalized spacial score (nSPS) is 17.9. The van der Waals surface area contributed by atoms with Crippen LogP contribution in [0.3, 0.4) is 0 Å². The molecule has 2 aromatic rings. The summed E-state index contributed by atoms with van der Waals surface area (Å²) in [5, 5.41) is 0. The number of hydrogen-bond acceptors (Lipinski definition) is 2. The zero-order valence-electron chi connectivity index (χ0n) is 19.7. The highest BCUT2D eigenvalue weighted by Crippen LogP contribution is 2.31. The molecule has 1 aliphatic rings. The Labute approximate surface area is 182 Å². The van der Waals surface area contributed by atoms with Crippen molar-refractivity contribution in [3.05, 3.63) is 82.9 Å². The van der Waals surface area contributed by atoms with Crippen LogP contribution in [-0.4, -0.2) is 25.5 Å². The van der Waals surface area contributed by atoms with Crippen molar-refractivity contribution in [1.29, 1.82) is 0 Å². The van der Waals surface area contributed by atoms with Gasteiger partial charge in [-0.2, -0.15) is 0 Å². The number of rotatable bonds is 2. The van der Waals surface area contributed by atoms with Crippen LogP contribution in [0.4, 0.5) is 0 Å². The molecule has 2 heteroatoms. The highest BCUT2D eigenvalue weighted by molar-refractivity contribution is 6.69. The lowest BCUT2D eigenvalue weighted by Crippen LogP contribution is -2.21. The van der Waals surface area contributed by atoms with Crippen LogP contribution < -0.4 is 0 Å². The van der Waals surface area contributed by atoms with E-state index in [1.54, 1.807) is 0 Å². The minimum atomic E-state index is 0.142. The SMILES string of the molecule is C/N=C1/C(c2ccc(C(C)(C)C)cc2)=CC=C(c2ccc(C(C)(C)C)cc2)/C1=N/C. The lowest BCUT2D eigenvalue weighted by Gasteiger charge is -2.23. The summed E-state index contributed by atoms with van der Waals surface area (Å²) in [6.45, 7) is 13.4. The van der Waals surface area contributed by atoms with E-state index in [9.17, 15) is 0 Å². The quantitative estimate of drug-likeness (QED) is 0.491. The molecule has 0 heterocycles. The van der Waals surface area contributed by atoms with Crippen LogP contribution in [0, 0.1) is 0 Å². The second-order valence-electron chi connectivity index (χ2n) is 9.96. The topological polar surface area (TPSA) is 24.7 Å². The van der Waals surface area contributed by atoms with E-state index in [0.717, 1.165) is 22.6 Å². The van der Waals surface area contributed by atoms with Crippen molar-refractivity contribution in [2.24, 2.45) is 9.98 Å². The molecule has 0 radical (unpaired) electrons. The van der Waals surface area contributed by atoms with Crippen LogP contribution in [0.5, 0.6) is 0 Å². The second-order valence-corrected chi connectivity index (χ2v) is 9.96. The van der Waals surface area contributed by atoms with E-state index >= 15 is 0 Å². The molecule has 156 valence electrons. The third-order valence-electron chi connectivity index (χ3n) is 5.72. The average molecular weight is 399 g/mol. The molecule has 2 nitrogen and oxygen atoms in total. The Bertz CT molecular complexity index is 942. The van der Waals surface area contributed by atoms with Crippen LogP contribution >= 0.6 is 0 Å². The van der Waals surface area contributed by atoms with Crippen molar-refractivity contribution in [3.63, 3.8) is 0 Å². The van der Waals surface area contributed by atoms with Crippen molar-refractivity contribution < 1.29 is 0 Å². The third kappa shape index (κ3) is 4.38. The fraction of sp³-hybridized carbons (Fsp3) is 0.357. The van der Waals surface area contributed by atoms with Gasteiger partial charge in [-0.1, -0.05) is 102 Å². The maximum atomic E-state index is 4.64. The molecule has 0 amide bonds. The van der Waals surface area contributed by atoms with Gasteiger partial charge < -0.3 is 0 Å². The Balaban J connectivity index is 2.04. The molecule has 0 fully saturated rings. The van der Waals surface area contributed by atoms with Crippen molar-refractivity contribution in [2.75, 3.05) is 14.1 Å². The molecule has 0 unspecified atom stereocenters. The molecule has 0 aromatic heterocycles. The van der Waals surface area contributed by atoms with Crippen molar-refractivity contribution in [3.8, 4) is 0 Å². The van der Waals surface area contributed by atoms with Gasteiger partial charge in [-0.15, -0.1) is 0 Å². The standard InChI is InChI=1S/C28H34N2/c1-27(2,3)21-13-9-19(10-14-21)23-17-18-24(26(30-8)25(23)29-7)20-11-15-22(16-12-20)28(4,5)6/h9-18H,1-8H3/b29-25-,30-26-. The minimum absolute atomic E-state index is 0.142. The summed E-state index contributed by atoms with van der Waals surface area (Å²) in [6.07, 6.45) is 4.35. The van der Waals surface area contributed by atoms with Crippen molar-refractivity contribution in [1.82, 2.24) is 0 Å². The predicted octanol–water partition coefficient (Wildman–Crippen LogP) is 6.90. The molecule has 1 aliphatic carbocycles. The summed E-state index contributed by atoms with van der Waals surface area (Å²) < 4.78 is 0. The lowest BCUT2D eigenvalue weighted by molar-refractivity contribution is 0.590. The van der Waals surface area contributed by atoms with Crippen molar-refractivity contribution >= 4 is 22.6 Å². The lowest BCUT2D eigenvalue weighted by atomic mass is 9.82. The van der Waals surface area contributed by atoms with Gasteiger partial charge in [0.2, 0.25) is 0 Å². The van der Waals surface area contributed by atoms with E-state index in [0.29, 0.717) is 0 Å². The first kappa shape index (κ1) is 22.0. The fourth-order valence-electron chi connectivity index (χ4n) is 3.80. The van der Waals surface area contributed by atoms with Crippen LogP contribution in [0.1, 0.15) is 63.8 Å². The predicted molar refractivity (Wildman–Crippen MR) is 133 cm³/mol. The van der Waals surface area contributed by atoms with Crippen LogP contribution in [-0.2, 0) is 10.8 Å². The number of benzene rings is 2. The maximum Gasteiger partial charge on any atom is 0.0907 e. The summed E-state index contributed by atoms with van der Waals surface area (Å²) in [7, 11) is 3.70. The van der Waals surface area contributed by atoms with Gasteiger partial charge >= 0.3 is 0 Å². The third-order valence-corrected chi connectivity index (χ3v) is 5.72. The van der Waals surface area contributed by atoms with E-state index in [4.69, 9.17) is 0 Å². The van der Waals surface area contributed by atoms with Gasteiger partial charge in [0.05, 0.1) is 11.4 Å². The molecule has 0 N–H and O–H groups in total. The minimum Gasteiger partial charge on any atom is -0.286 e. The van der Waals surface area contributed by atoms with Gasteiger partial charge in [-0.25, -0.2) is 0 Å². The average Bonchev–Trinajstić information content (AvgIpc) is 2.71. The van der Waals surface area contributed by atoms with Gasteiger partial charge in [-0.3, -0.25) is 9.98 Å². The van der Waals surface area contributed by atoms with Crippen LogP contribution in [0.15, 0.2) is 70.7 Å². The van der Waals surface area contributed by atoms with Gasteiger partial charge in [0.25, 0.3) is 0 Å². The molecular weight excluding hydrogens is 364 g/mol. The molecule has 3 rings (SSSR count). The van der Waals surface area contributed by atoms with E-state index in [-0.39, 0.29) is 10.8 Å². The Hall–Kier alpha value is -2.74. The summed E-state index contributed by atoms with van der Waals surface area (Å²) in [5.74, 6) is 0. The summed E-state index contributed by atoms with van der Waals surface area (Å²) in [5.41, 5.74) is 9.41. The van der Waals surface area contributed by atoms with E-state index in [1.807, 2.05) is 14.1 Å². The Morgan fingerprint density at radius 2 is 0.800 bits per heavy atom. The van der Waals surface area contributed by atoms with E-state index in [1.165, 1.54) is 22.3 Å². The highest BCUT2D eigenvalue weighted by Gasteiger charge is 2.24. The summed E-state index contributed by atoms with van der Waals surface area (Å²) in [4.78, 5) is 9.28. The molecule has 0 saturated carbocycles. The van der Waals surface area contributed by atoms with Crippen LogP contribution in [0.2, 0.25) is 0 Å². The molecule has 0 atom stereocenters. The Kier molecular flexibility index (Phi) is 5.99. The number of nitrogens with zero attached hydrogens (tertiary/aromatic N) is 2. The van der Waals surface area contributed by atoms with Gasteiger partial charge in [-0.05, 0) is 33.1 Å². The number of allylic oxidation sites excluding steroid dienone is 4. The largest absolute Gasteiger partial charge is 0.286 e. The highest BCUT2D eigenvalue weighted by atomic mass is 14.8. The molecule has 0 spiro atoms. The molecule has 0 bridgehead atoms. The van der Waals surface area contributed by atoms with E-state index < -0.39 is 0 Å². The number of hydrogen-bond donors (Lipinski definition) is 0. The number of aliphatic imine (C=N–C) groups is 2. The first-order valence-electron chi connectivity index (χ1n) is 10.6. The van der Waals surface area contributed by atoms with Gasteiger partial charge in [0.1, 0.15) is 0 Å². The first-order valence-corrected chi connectivity index (χ1v) is 10.6. The molecule has 0 aliphatic heterocycles. The Morgan fingerprint density at radius 3 is 1.03 bits per heavy atom.